The number of allylic oxidation sites excluding steroid dienone is 9. The van der Waals surface area contributed by atoms with Gasteiger partial charge >= 0.3 is 5.97 Å². The van der Waals surface area contributed by atoms with Crippen LogP contribution < -0.4 is 27.6 Å². The smallest absolute Gasteiger partial charge is 0.305 e. The Balaban J connectivity index is 1.06. The number of ether oxygens (including phenoxy) is 1. The highest BCUT2D eigenvalue weighted by atomic mass is 16.5. The first-order valence-corrected chi connectivity index (χ1v) is 24.1. The van der Waals surface area contributed by atoms with Crippen molar-refractivity contribution in [1.29, 1.82) is 0 Å². The van der Waals surface area contributed by atoms with Crippen molar-refractivity contribution in [2.24, 2.45) is 22.0 Å². The zero-order valence-corrected chi connectivity index (χ0v) is 39.8. The van der Waals surface area contributed by atoms with Gasteiger partial charge < -0.3 is 24.5 Å². The Labute approximate surface area is 402 Å². The van der Waals surface area contributed by atoms with Gasteiger partial charge in [0.25, 0.3) is 22.2 Å². The number of H-pyrrole nitrogens is 1. The van der Waals surface area contributed by atoms with Crippen molar-refractivity contribution in [2.75, 3.05) is 14.2 Å². The molecule has 0 aliphatic carbocycles. The third-order valence-corrected chi connectivity index (χ3v) is 13.7. The molecule has 9 heterocycles. The molecule has 0 saturated heterocycles. The van der Waals surface area contributed by atoms with E-state index < -0.39 is 22.2 Å². The predicted molar refractivity (Wildman–Crippen MR) is 274 cm³/mol. The van der Waals surface area contributed by atoms with Gasteiger partial charge in [0.1, 0.15) is 11.6 Å². The number of aromatic amines is 1. The molecule has 70 heavy (non-hydrogen) atoms. The van der Waals surface area contributed by atoms with Gasteiger partial charge in [0.2, 0.25) is 0 Å². The van der Waals surface area contributed by atoms with Crippen LogP contribution in [0.15, 0.2) is 154 Å². The van der Waals surface area contributed by atoms with E-state index in [9.17, 15) is 24.0 Å². The third-order valence-electron chi connectivity index (χ3n) is 13.7. The van der Waals surface area contributed by atoms with Crippen LogP contribution >= 0.6 is 0 Å². The second-order valence-electron chi connectivity index (χ2n) is 18.2. The van der Waals surface area contributed by atoms with Gasteiger partial charge in [0.15, 0.2) is 0 Å². The number of nitrogens with zero attached hydrogens (tertiary/aromatic N) is 8. The zero-order chi connectivity index (χ0) is 48.6. The quantitative estimate of drug-likeness (QED) is 0.0765. The average Bonchev–Trinajstić information content (AvgIpc) is 4.24. The molecular weight excluding hydrogens is 885 g/mol. The average molecular weight is 939 g/mol. The molecule has 0 fully saturated rings. The first-order valence-electron chi connectivity index (χ1n) is 24.1. The van der Waals surface area contributed by atoms with Crippen molar-refractivity contribution in [3.05, 3.63) is 178 Å². The Kier molecular flexibility index (Phi) is 12.5. The van der Waals surface area contributed by atoms with Crippen molar-refractivity contribution in [2.45, 2.75) is 90.6 Å². The molecule has 5 aliphatic heterocycles. The lowest BCUT2D eigenvalue weighted by Crippen LogP contribution is -2.26. The van der Waals surface area contributed by atoms with E-state index in [-0.39, 0.29) is 53.4 Å². The van der Waals surface area contributed by atoms with Crippen molar-refractivity contribution < 1.29 is 9.53 Å². The SMILES string of the molecule is CCCCCCCC1=C2C=CC(=N2)C(CCn2c(=O)c3cc4c(=O)n(CCCCCC(=O)OC)c(=O)c4cc3c2=O)=C2C=CC(=N2)/C(=C2\NC=CN2C)c2ccc([nH]2)C(c2nccn2C)=C2C=CC1=N2. The van der Waals surface area contributed by atoms with E-state index in [1.807, 2.05) is 78.6 Å². The number of hydrogen-bond donors (Lipinski definition) is 2. The fraction of sp³-hybridized carbons (Fsp3) is 0.315. The van der Waals surface area contributed by atoms with Crippen molar-refractivity contribution in [3.8, 4) is 0 Å². The molecule has 10 rings (SSSR count). The Bertz CT molecular complexity index is 3500. The number of carbonyl (C=O) groups is 1. The maximum absolute atomic E-state index is 14.2. The van der Waals surface area contributed by atoms with Crippen molar-refractivity contribution in [3.63, 3.8) is 0 Å². The number of rotatable bonds is 16. The van der Waals surface area contributed by atoms with E-state index in [2.05, 4.69) is 29.4 Å². The molecule has 1 aromatic carbocycles. The summed E-state index contributed by atoms with van der Waals surface area (Å²) in [5, 5.41) is 3.78. The number of unbranched alkanes of at least 4 members (excludes halogenated alkanes) is 6. The number of aryl methyl sites for hydroxylation is 1. The van der Waals surface area contributed by atoms with Gasteiger partial charge in [-0.2, -0.15) is 0 Å². The highest BCUT2D eigenvalue weighted by molar-refractivity contribution is 6.31. The molecule has 0 atom stereocenters. The minimum absolute atomic E-state index is 0.00790. The largest absolute Gasteiger partial charge is 0.469 e. The van der Waals surface area contributed by atoms with Gasteiger partial charge in [-0.05, 0) is 92.8 Å². The van der Waals surface area contributed by atoms with E-state index in [4.69, 9.17) is 24.7 Å². The summed E-state index contributed by atoms with van der Waals surface area (Å²) >= 11 is 0. The van der Waals surface area contributed by atoms with Crippen LogP contribution in [0.3, 0.4) is 0 Å². The van der Waals surface area contributed by atoms with Crippen LogP contribution in [0.1, 0.15) is 94.8 Å². The molecule has 0 spiro atoms. The maximum atomic E-state index is 14.2. The minimum Gasteiger partial charge on any atom is -0.469 e. The van der Waals surface area contributed by atoms with E-state index in [0.29, 0.717) is 36.4 Å². The summed E-state index contributed by atoms with van der Waals surface area (Å²) in [6.45, 7) is 2.36. The van der Waals surface area contributed by atoms with Gasteiger partial charge in [-0.15, -0.1) is 0 Å². The van der Waals surface area contributed by atoms with E-state index in [1.54, 1.807) is 6.20 Å². The molecule has 356 valence electrons. The second-order valence-corrected chi connectivity index (χ2v) is 18.2. The van der Waals surface area contributed by atoms with Gasteiger partial charge in [-0.25, -0.2) is 20.0 Å². The van der Waals surface area contributed by atoms with Crippen LogP contribution in [-0.2, 0) is 29.7 Å². The number of aliphatic imine (C=N–C) groups is 3. The minimum atomic E-state index is -0.540. The number of nitrogens with one attached hydrogen (secondary N) is 2. The Morgan fingerprint density at radius 1 is 0.643 bits per heavy atom. The molecule has 0 saturated carbocycles. The standard InChI is InChI=1S/C54H54N10O6/c1-5-6-7-8-10-13-32-38-15-16-40(57-38)33(23-27-64-53(68)36-30-34-35(31-37(36)54(64)69)52(67)63(51(34)66)26-12-9-11-14-46(65)70-4)41-18-20-43(59-41)48(50-56-25-29-62(50)3)45-22-21-44(60-45)47(42-19-17-39(32)58-42)49-55-24-28-61(49)2/h15-22,24-25,28-31,56,60H,5-14,23,26-27H2,1-4H3/b38-32?,41-33?,47-42?,50-48-. The number of aromatic nitrogens is 5. The van der Waals surface area contributed by atoms with E-state index in [0.717, 1.165) is 99.1 Å². The number of imidazole rings is 1. The molecule has 16 heteroatoms. The van der Waals surface area contributed by atoms with Crippen LogP contribution in [-0.4, -0.2) is 65.8 Å². The van der Waals surface area contributed by atoms with Crippen LogP contribution in [0.2, 0.25) is 0 Å². The lowest BCUT2D eigenvalue weighted by atomic mass is 10.00. The maximum Gasteiger partial charge on any atom is 0.305 e. The molecule has 5 aliphatic rings. The monoisotopic (exact) mass is 938 g/mol. The molecule has 2 N–H and O–H groups in total. The van der Waals surface area contributed by atoms with Gasteiger partial charge in [-0.3, -0.25) is 33.1 Å². The number of benzene rings is 1. The first-order chi connectivity index (χ1) is 34.0. The molecule has 0 radical (unpaired) electrons. The number of hydrogen-bond acceptors (Lipinski definition) is 12. The van der Waals surface area contributed by atoms with Crippen LogP contribution in [0, 0.1) is 0 Å². The summed E-state index contributed by atoms with van der Waals surface area (Å²) in [6, 6.07) is 6.87. The number of fused-ring (bicyclic) bond motifs is 7. The van der Waals surface area contributed by atoms with Gasteiger partial charge in [0.05, 0.1) is 85.4 Å². The predicted octanol–water partition coefficient (Wildman–Crippen LogP) is 7.15. The normalized spacial score (nSPS) is 17.4. The van der Waals surface area contributed by atoms with E-state index in [1.165, 1.54) is 30.2 Å². The summed E-state index contributed by atoms with van der Waals surface area (Å²) in [5.74, 6) is 1.26. The Hall–Kier alpha value is -8.01. The molecule has 4 aromatic heterocycles. The molecule has 0 unspecified atom stereocenters. The third kappa shape index (κ3) is 8.36. The molecule has 5 aromatic rings. The number of methoxy groups -OCH3 is 1. The van der Waals surface area contributed by atoms with Crippen LogP contribution in [0.4, 0.5) is 0 Å². The van der Waals surface area contributed by atoms with Crippen LogP contribution in [0.5, 0.6) is 0 Å². The van der Waals surface area contributed by atoms with Gasteiger partial charge in [-0.1, -0.05) is 39.0 Å². The fourth-order valence-corrected chi connectivity index (χ4v) is 9.94. The Morgan fingerprint density at radius 2 is 1.21 bits per heavy atom. The molecule has 16 nitrogen and oxygen atoms in total. The summed E-state index contributed by atoms with van der Waals surface area (Å²) in [5.41, 5.74) is 7.35. The van der Waals surface area contributed by atoms with Gasteiger partial charge in [0, 0.05) is 69.5 Å². The first kappa shape index (κ1) is 45.8. The van der Waals surface area contributed by atoms with E-state index >= 15 is 0 Å². The number of esters is 1. The highest BCUT2D eigenvalue weighted by Crippen LogP contribution is 2.36. The summed E-state index contributed by atoms with van der Waals surface area (Å²) in [7, 11) is 5.28. The van der Waals surface area contributed by atoms with Crippen molar-refractivity contribution >= 4 is 55.8 Å². The van der Waals surface area contributed by atoms with Crippen LogP contribution in [0.25, 0.3) is 32.7 Å². The topological polar surface area (TPSA) is 190 Å². The second kappa shape index (κ2) is 19.2. The number of carbonyl (C=O) groups excluding carboxylic acids is 1. The molecule has 0 amide bonds. The summed E-state index contributed by atoms with van der Waals surface area (Å²) in [6.07, 6.45) is 28.0. The Morgan fingerprint density at radius 3 is 1.83 bits per heavy atom. The van der Waals surface area contributed by atoms with Crippen molar-refractivity contribution in [1.82, 2.24) is 33.9 Å². The summed E-state index contributed by atoms with van der Waals surface area (Å²) in [4.78, 5) is 93.4. The summed E-state index contributed by atoms with van der Waals surface area (Å²) < 4.78 is 9.02. The fourth-order valence-electron chi connectivity index (χ4n) is 9.94. The molecular formula is C54H54N10O6. The molecule has 8 bridgehead atoms. The zero-order valence-electron chi connectivity index (χ0n) is 39.8. The lowest BCUT2D eigenvalue weighted by molar-refractivity contribution is -0.140. The highest BCUT2D eigenvalue weighted by Gasteiger charge is 2.29. The lowest BCUT2D eigenvalue weighted by Gasteiger charge is -2.17.